The van der Waals surface area contributed by atoms with Gasteiger partial charge < -0.3 is 14.9 Å². The predicted molar refractivity (Wildman–Crippen MR) is 100 cm³/mol. The summed E-state index contributed by atoms with van der Waals surface area (Å²) >= 11 is 0. The molecular weight excluding hydrogens is 360 g/mol. The molecule has 4 aliphatic rings. The van der Waals surface area contributed by atoms with E-state index in [0.29, 0.717) is 18.4 Å². The third kappa shape index (κ3) is 2.25. The number of esters is 1. The van der Waals surface area contributed by atoms with Crippen LogP contribution < -0.4 is 0 Å². The highest BCUT2D eigenvalue weighted by Gasteiger charge is 2.72. The number of rotatable bonds is 1. The van der Waals surface area contributed by atoms with E-state index in [4.69, 9.17) is 4.74 Å². The maximum Gasteiger partial charge on any atom is 0.303 e. The van der Waals surface area contributed by atoms with Crippen molar-refractivity contribution in [3.63, 3.8) is 0 Å². The Labute approximate surface area is 165 Å². The molecule has 2 fully saturated rings. The van der Waals surface area contributed by atoms with Crippen molar-refractivity contribution in [1.29, 1.82) is 0 Å². The highest BCUT2D eigenvalue weighted by molar-refractivity contribution is 6.19. The van der Waals surface area contributed by atoms with E-state index in [1.807, 2.05) is 27.7 Å². The molecule has 1 spiro atoms. The van der Waals surface area contributed by atoms with Crippen LogP contribution in [0.4, 0.5) is 0 Å². The molecule has 6 nitrogen and oxygen atoms in total. The number of hydrogen-bond acceptors (Lipinski definition) is 6. The summed E-state index contributed by atoms with van der Waals surface area (Å²) in [6.07, 6.45) is -0.768. The third-order valence-electron chi connectivity index (χ3n) is 8.13. The predicted octanol–water partition coefficient (Wildman–Crippen LogP) is 1.96. The zero-order chi connectivity index (χ0) is 20.8. The van der Waals surface area contributed by atoms with E-state index in [-0.39, 0.29) is 28.6 Å². The normalized spacial score (nSPS) is 46.9. The molecule has 0 aromatic heterocycles. The number of ether oxygens (including phenoxy) is 1. The van der Waals surface area contributed by atoms with E-state index in [1.165, 1.54) is 6.92 Å². The van der Waals surface area contributed by atoms with Crippen LogP contribution in [0.5, 0.6) is 0 Å². The Kier molecular flexibility index (Phi) is 4.07. The molecule has 0 bridgehead atoms. The van der Waals surface area contributed by atoms with E-state index < -0.39 is 40.9 Å². The van der Waals surface area contributed by atoms with Gasteiger partial charge in [0.1, 0.15) is 6.10 Å². The monoisotopic (exact) mass is 390 g/mol. The smallest absolute Gasteiger partial charge is 0.303 e. The van der Waals surface area contributed by atoms with Crippen LogP contribution in [0, 0.1) is 28.1 Å². The van der Waals surface area contributed by atoms with Crippen LogP contribution in [0.15, 0.2) is 11.1 Å². The maximum atomic E-state index is 13.6. The molecule has 0 aliphatic heterocycles. The molecule has 0 radical (unpaired) electrons. The lowest BCUT2D eigenvalue weighted by Gasteiger charge is -2.58. The van der Waals surface area contributed by atoms with Crippen LogP contribution in [0.25, 0.3) is 0 Å². The summed E-state index contributed by atoms with van der Waals surface area (Å²) in [5, 5.41) is 22.2. The Hall–Kier alpha value is -1.53. The molecule has 2 saturated carbocycles. The van der Waals surface area contributed by atoms with Crippen LogP contribution in [0.3, 0.4) is 0 Å². The van der Waals surface area contributed by atoms with Crippen molar-refractivity contribution in [2.45, 2.75) is 78.6 Å². The average Bonchev–Trinajstić information content (AvgIpc) is 3.24. The maximum absolute atomic E-state index is 13.6. The molecule has 0 saturated heterocycles. The summed E-state index contributed by atoms with van der Waals surface area (Å²) in [6.45, 7) is 9.10. The van der Waals surface area contributed by atoms with Crippen LogP contribution in [0.2, 0.25) is 0 Å². The molecular formula is C22H30O6. The highest BCUT2D eigenvalue weighted by atomic mass is 16.6. The van der Waals surface area contributed by atoms with Gasteiger partial charge in [0.15, 0.2) is 17.7 Å². The van der Waals surface area contributed by atoms with Crippen molar-refractivity contribution in [2.24, 2.45) is 28.1 Å². The van der Waals surface area contributed by atoms with Gasteiger partial charge in [0, 0.05) is 29.4 Å². The zero-order valence-corrected chi connectivity index (χ0v) is 17.2. The molecule has 0 heterocycles. The lowest BCUT2D eigenvalue weighted by Crippen LogP contribution is -2.63. The van der Waals surface area contributed by atoms with Gasteiger partial charge in [-0.25, -0.2) is 0 Å². The molecule has 4 aliphatic carbocycles. The minimum absolute atomic E-state index is 0.114. The summed E-state index contributed by atoms with van der Waals surface area (Å²) in [6, 6.07) is 0. The van der Waals surface area contributed by atoms with Crippen molar-refractivity contribution in [1.82, 2.24) is 0 Å². The quantitative estimate of drug-likeness (QED) is 0.664. The van der Waals surface area contributed by atoms with Crippen molar-refractivity contribution in [3.05, 3.63) is 11.1 Å². The Morgan fingerprint density at radius 2 is 1.75 bits per heavy atom. The second-order valence-corrected chi connectivity index (χ2v) is 10.3. The van der Waals surface area contributed by atoms with Gasteiger partial charge in [-0.15, -0.1) is 0 Å². The summed E-state index contributed by atoms with van der Waals surface area (Å²) in [5.41, 5.74) is -1.73. The fourth-order valence-electron chi connectivity index (χ4n) is 6.85. The third-order valence-corrected chi connectivity index (χ3v) is 8.13. The summed E-state index contributed by atoms with van der Waals surface area (Å²) in [5.74, 6) is -1.82. The minimum atomic E-state index is -1.36. The largest absolute Gasteiger partial charge is 0.455 e. The molecule has 0 amide bonds. The van der Waals surface area contributed by atoms with E-state index in [0.717, 1.165) is 12.8 Å². The SMILES string of the molecule is CC(=O)OC1C2=C(C(=O)C(O)C3(CC3C)C2=O)C2(C)CCCC(C)(C)C2C1O. The molecule has 154 valence electrons. The fourth-order valence-corrected chi connectivity index (χ4v) is 6.85. The topological polar surface area (TPSA) is 101 Å². The van der Waals surface area contributed by atoms with Crippen molar-refractivity contribution < 1.29 is 29.3 Å². The standard InChI is InChI=1S/C22H30O6/c1-10-9-22(10)18(26)12-13(14(24)19(22)27)21(5)8-6-7-20(3,4)17(21)15(25)16(12)28-11(2)23/h10,15-17,19,25,27H,6-9H2,1-5H3. The number of fused-ring (bicyclic) bond motifs is 2. The first-order valence-corrected chi connectivity index (χ1v) is 10.3. The van der Waals surface area contributed by atoms with Crippen LogP contribution >= 0.6 is 0 Å². The first-order valence-electron chi connectivity index (χ1n) is 10.3. The molecule has 0 aromatic rings. The van der Waals surface area contributed by atoms with Crippen molar-refractivity contribution >= 4 is 17.5 Å². The Morgan fingerprint density at radius 1 is 1.14 bits per heavy atom. The van der Waals surface area contributed by atoms with Gasteiger partial charge >= 0.3 is 5.97 Å². The second kappa shape index (κ2) is 5.76. The minimum Gasteiger partial charge on any atom is -0.455 e. The molecule has 7 unspecified atom stereocenters. The van der Waals surface area contributed by atoms with Gasteiger partial charge in [0.2, 0.25) is 0 Å². The Balaban J connectivity index is 1.98. The number of ketones is 2. The summed E-state index contributed by atoms with van der Waals surface area (Å²) in [7, 11) is 0. The number of Topliss-reactive ketones (excluding diaryl/α,β-unsaturated/α-hetero) is 2. The summed E-state index contributed by atoms with van der Waals surface area (Å²) < 4.78 is 5.47. The molecule has 0 aromatic carbocycles. The fraction of sp³-hybridized carbons (Fsp3) is 0.773. The van der Waals surface area contributed by atoms with Crippen molar-refractivity contribution in [3.8, 4) is 0 Å². The number of hydrogen-bond donors (Lipinski definition) is 2. The van der Waals surface area contributed by atoms with Crippen LogP contribution in [0.1, 0.15) is 60.3 Å². The number of aliphatic hydroxyl groups excluding tert-OH is 2. The molecule has 28 heavy (non-hydrogen) atoms. The summed E-state index contributed by atoms with van der Waals surface area (Å²) in [4.78, 5) is 38.8. The van der Waals surface area contributed by atoms with Gasteiger partial charge in [0.25, 0.3) is 0 Å². The number of aliphatic hydroxyl groups is 2. The van der Waals surface area contributed by atoms with E-state index in [9.17, 15) is 24.6 Å². The first-order chi connectivity index (χ1) is 12.9. The van der Waals surface area contributed by atoms with Gasteiger partial charge in [-0.1, -0.05) is 34.1 Å². The van der Waals surface area contributed by atoms with Crippen LogP contribution in [-0.2, 0) is 19.1 Å². The van der Waals surface area contributed by atoms with Gasteiger partial charge in [0.05, 0.1) is 11.5 Å². The molecule has 7 atom stereocenters. The lowest BCUT2D eigenvalue weighted by atomic mass is 9.46. The van der Waals surface area contributed by atoms with Crippen LogP contribution in [-0.4, -0.2) is 46.1 Å². The zero-order valence-electron chi connectivity index (χ0n) is 17.2. The van der Waals surface area contributed by atoms with E-state index in [1.54, 1.807) is 0 Å². The highest BCUT2D eigenvalue weighted by Crippen LogP contribution is 2.66. The first kappa shape index (κ1) is 19.8. The van der Waals surface area contributed by atoms with Crippen molar-refractivity contribution in [2.75, 3.05) is 0 Å². The lowest BCUT2D eigenvalue weighted by molar-refractivity contribution is -0.170. The van der Waals surface area contributed by atoms with E-state index >= 15 is 0 Å². The van der Waals surface area contributed by atoms with Gasteiger partial charge in [-0.05, 0) is 30.6 Å². The molecule has 4 rings (SSSR count). The van der Waals surface area contributed by atoms with E-state index in [2.05, 4.69) is 0 Å². The molecule has 6 heteroatoms. The van der Waals surface area contributed by atoms with Gasteiger partial charge in [-0.3, -0.25) is 14.4 Å². The van der Waals surface area contributed by atoms with Gasteiger partial charge in [-0.2, -0.15) is 0 Å². The molecule has 2 N–H and O–H groups in total. The Morgan fingerprint density at radius 3 is 2.29 bits per heavy atom. The Bertz CT molecular complexity index is 810. The number of carbonyl (C=O) groups is 3. The second-order valence-electron chi connectivity index (χ2n) is 10.3. The average molecular weight is 390 g/mol. The number of carbonyl (C=O) groups excluding carboxylic acids is 3.